The van der Waals surface area contributed by atoms with E-state index in [0.717, 1.165) is 21.9 Å². The minimum absolute atomic E-state index is 0.0963. The summed E-state index contributed by atoms with van der Waals surface area (Å²) in [7, 11) is 0. The molecule has 0 atom stereocenters. The van der Waals surface area contributed by atoms with Crippen LogP contribution in [-0.2, 0) is 0 Å². The Labute approximate surface area is 168 Å². The number of carbonyl (C=O) groups is 1. The van der Waals surface area contributed by atoms with Crippen LogP contribution in [0.2, 0.25) is 5.02 Å². The lowest BCUT2D eigenvalue weighted by Crippen LogP contribution is -2.14. The molecule has 0 radical (unpaired) electrons. The van der Waals surface area contributed by atoms with E-state index in [1.54, 1.807) is 29.5 Å². The van der Waals surface area contributed by atoms with Gasteiger partial charge in [-0.25, -0.2) is 4.98 Å². The smallest absolute Gasteiger partial charge is 0.282 e. The third kappa shape index (κ3) is 3.35. The molecule has 0 spiro atoms. The highest BCUT2D eigenvalue weighted by molar-refractivity contribution is 7.15. The lowest BCUT2D eigenvalue weighted by Gasteiger charge is -2.07. The maximum atomic E-state index is 12.6. The molecule has 140 valence electrons. The van der Waals surface area contributed by atoms with Crippen LogP contribution in [0.3, 0.4) is 0 Å². The van der Waals surface area contributed by atoms with E-state index < -0.39 is 10.8 Å². The molecule has 7 nitrogen and oxygen atoms in total. The Kier molecular flexibility index (Phi) is 4.58. The van der Waals surface area contributed by atoms with Gasteiger partial charge in [0.15, 0.2) is 4.96 Å². The van der Waals surface area contributed by atoms with Crippen LogP contribution >= 0.6 is 22.9 Å². The van der Waals surface area contributed by atoms with Crippen LogP contribution in [0, 0.1) is 17.0 Å². The summed E-state index contributed by atoms with van der Waals surface area (Å²) in [6, 6.07) is 11.0. The number of aromatic nitrogens is 2. The molecule has 0 aliphatic carbocycles. The highest BCUT2D eigenvalue weighted by Gasteiger charge is 2.21. The van der Waals surface area contributed by atoms with Crippen molar-refractivity contribution in [1.82, 2.24) is 9.38 Å². The van der Waals surface area contributed by atoms with E-state index in [4.69, 9.17) is 11.6 Å². The molecule has 0 saturated heterocycles. The van der Waals surface area contributed by atoms with Gasteiger partial charge in [-0.15, -0.1) is 11.3 Å². The molecule has 28 heavy (non-hydrogen) atoms. The number of fused-ring (bicyclic) bond motifs is 1. The van der Waals surface area contributed by atoms with E-state index in [1.807, 2.05) is 29.0 Å². The SMILES string of the molecule is Cc1csc2nc(-c3cccc(NC(=O)c4cc(Cl)ccc4[N+](=O)[O-])c3)cn12. The standard InChI is InChI=1S/C19H13ClN4O3S/c1-11-10-28-19-22-16(9-23(11)19)12-3-2-4-14(7-12)21-18(25)15-8-13(20)5-6-17(15)24(26)27/h2-10H,1H3,(H,21,25). The summed E-state index contributed by atoms with van der Waals surface area (Å²) in [5.74, 6) is -0.604. The zero-order valence-corrected chi connectivity index (χ0v) is 16.1. The largest absolute Gasteiger partial charge is 0.322 e. The van der Waals surface area contributed by atoms with Crippen molar-refractivity contribution in [3.05, 3.63) is 80.4 Å². The third-order valence-corrected chi connectivity index (χ3v) is 5.40. The zero-order chi connectivity index (χ0) is 19.8. The molecular formula is C19H13ClN4O3S. The normalized spacial score (nSPS) is 10.9. The first kappa shape index (κ1) is 18.1. The molecule has 0 aliphatic rings. The van der Waals surface area contributed by atoms with Gasteiger partial charge in [0.05, 0.1) is 10.6 Å². The first-order valence-corrected chi connectivity index (χ1v) is 9.47. The molecule has 4 rings (SSSR count). The number of hydrogen-bond acceptors (Lipinski definition) is 5. The number of rotatable bonds is 4. The predicted octanol–water partition coefficient (Wildman–Crippen LogP) is 5.19. The minimum atomic E-state index is -0.609. The van der Waals surface area contributed by atoms with E-state index in [-0.39, 0.29) is 16.3 Å². The van der Waals surface area contributed by atoms with Crippen molar-refractivity contribution in [2.24, 2.45) is 0 Å². The summed E-state index contributed by atoms with van der Waals surface area (Å²) in [4.78, 5) is 28.6. The first-order valence-electron chi connectivity index (χ1n) is 8.21. The zero-order valence-electron chi connectivity index (χ0n) is 14.5. The van der Waals surface area contributed by atoms with Crippen molar-refractivity contribution < 1.29 is 9.72 Å². The second-order valence-corrected chi connectivity index (χ2v) is 7.38. The molecule has 0 fully saturated rings. The van der Waals surface area contributed by atoms with E-state index >= 15 is 0 Å². The van der Waals surface area contributed by atoms with E-state index in [9.17, 15) is 14.9 Å². The number of hydrogen-bond donors (Lipinski definition) is 1. The summed E-state index contributed by atoms with van der Waals surface area (Å²) < 4.78 is 2.00. The Bertz CT molecular complexity index is 1230. The van der Waals surface area contributed by atoms with Crippen molar-refractivity contribution in [3.8, 4) is 11.3 Å². The van der Waals surface area contributed by atoms with Gasteiger partial charge < -0.3 is 5.32 Å². The molecule has 2 aromatic heterocycles. The van der Waals surface area contributed by atoms with Crippen LogP contribution in [0.15, 0.2) is 54.0 Å². The van der Waals surface area contributed by atoms with Crippen LogP contribution < -0.4 is 5.32 Å². The quantitative estimate of drug-likeness (QED) is 0.369. The average Bonchev–Trinajstić information content (AvgIpc) is 3.24. The molecule has 0 bridgehead atoms. The number of benzene rings is 2. The van der Waals surface area contributed by atoms with Crippen LogP contribution in [0.4, 0.5) is 11.4 Å². The van der Waals surface area contributed by atoms with Crippen LogP contribution in [0.1, 0.15) is 16.1 Å². The van der Waals surface area contributed by atoms with Gasteiger partial charge >= 0.3 is 0 Å². The van der Waals surface area contributed by atoms with Gasteiger partial charge in [0.2, 0.25) is 0 Å². The summed E-state index contributed by atoms with van der Waals surface area (Å²) in [6.45, 7) is 2.00. The Hall–Kier alpha value is -3.23. The highest BCUT2D eigenvalue weighted by atomic mass is 35.5. The van der Waals surface area contributed by atoms with Gasteiger partial charge in [-0.1, -0.05) is 23.7 Å². The molecule has 1 amide bonds. The molecule has 0 aliphatic heterocycles. The molecule has 0 unspecified atom stereocenters. The van der Waals surface area contributed by atoms with Gasteiger partial charge in [-0.3, -0.25) is 19.3 Å². The maximum absolute atomic E-state index is 12.6. The molecule has 2 aromatic carbocycles. The highest BCUT2D eigenvalue weighted by Crippen LogP contribution is 2.27. The Morgan fingerprint density at radius 3 is 2.86 bits per heavy atom. The summed E-state index contributed by atoms with van der Waals surface area (Å²) >= 11 is 7.46. The van der Waals surface area contributed by atoms with Gasteiger partial charge in [-0.05, 0) is 31.2 Å². The van der Waals surface area contributed by atoms with Crippen molar-refractivity contribution in [2.45, 2.75) is 6.92 Å². The summed E-state index contributed by atoms with van der Waals surface area (Å²) in [5, 5.41) is 16.2. The molecular weight excluding hydrogens is 400 g/mol. The van der Waals surface area contributed by atoms with Crippen LogP contribution in [-0.4, -0.2) is 20.2 Å². The Morgan fingerprint density at radius 2 is 2.11 bits per heavy atom. The third-order valence-electron chi connectivity index (χ3n) is 4.20. The summed E-state index contributed by atoms with van der Waals surface area (Å²) in [6.07, 6.45) is 1.93. The van der Waals surface area contributed by atoms with E-state index in [1.165, 1.54) is 18.2 Å². The number of nitro benzene ring substituents is 1. The topological polar surface area (TPSA) is 89.5 Å². The second kappa shape index (κ2) is 7.06. The number of amides is 1. The fraction of sp³-hybridized carbons (Fsp3) is 0.0526. The molecule has 2 heterocycles. The van der Waals surface area contributed by atoms with Crippen molar-refractivity contribution in [1.29, 1.82) is 0 Å². The van der Waals surface area contributed by atoms with Gasteiger partial charge in [0.25, 0.3) is 11.6 Å². The van der Waals surface area contributed by atoms with E-state index in [2.05, 4.69) is 10.3 Å². The number of imidazole rings is 1. The number of anilines is 1. The van der Waals surface area contributed by atoms with Crippen molar-refractivity contribution in [2.75, 3.05) is 5.32 Å². The lowest BCUT2D eigenvalue weighted by atomic mass is 10.1. The molecule has 9 heteroatoms. The minimum Gasteiger partial charge on any atom is -0.322 e. The van der Waals surface area contributed by atoms with Crippen LogP contribution in [0.25, 0.3) is 16.2 Å². The molecule has 0 saturated carbocycles. The number of nitrogens with zero attached hydrogens (tertiary/aromatic N) is 3. The summed E-state index contributed by atoms with van der Waals surface area (Å²) in [5.41, 5.74) is 2.80. The predicted molar refractivity (Wildman–Crippen MR) is 109 cm³/mol. The van der Waals surface area contributed by atoms with Crippen molar-refractivity contribution >= 4 is 45.2 Å². The van der Waals surface area contributed by atoms with Gasteiger partial charge in [0, 0.05) is 39.6 Å². The molecule has 1 N–H and O–H groups in total. The van der Waals surface area contributed by atoms with Gasteiger partial charge in [-0.2, -0.15) is 0 Å². The monoisotopic (exact) mass is 412 g/mol. The Morgan fingerprint density at radius 1 is 1.29 bits per heavy atom. The van der Waals surface area contributed by atoms with E-state index in [0.29, 0.717) is 5.69 Å². The number of nitrogens with one attached hydrogen (secondary N) is 1. The van der Waals surface area contributed by atoms with Crippen LogP contribution in [0.5, 0.6) is 0 Å². The fourth-order valence-electron chi connectivity index (χ4n) is 2.84. The number of carbonyl (C=O) groups excluding carboxylic acids is 1. The lowest BCUT2D eigenvalue weighted by molar-refractivity contribution is -0.385. The molecule has 4 aromatic rings. The Balaban J connectivity index is 1.64. The number of nitro groups is 1. The van der Waals surface area contributed by atoms with Gasteiger partial charge in [0.1, 0.15) is 5.56 Å². The second-order valence-electron chi connectivity index (χ2n) is 6.11. The average molecular weight is 413 g/mol. The number of aryl methyl sites for hydroxylation is 1. The maximum Gasteiger partial charge on any atom is 0.282 e. The van der Waals surface area contributed by atoms with Crippen molar-refractivity contribution in [3.63, 3.8) is 0 Å². The fourth-order valence-corrected chi connectivity index (χ4v) is 3.86. The number of thiazole rings is 1. The number of halogens is 1. The first-order chi connectivity index (χ1) is 13.4.